The van der Waals surface area contributed by atoms with Crippen LogP contribution in [0.3, 0.4) is 0 Å². The van der Waals surface area contributed by atoms with Gasteiger partial charge in [-0.1, -0.05) is 31.4 Å². The second-order valence-corrected chi connectivity index (χ2v) is 6.15. The maximum Gasteiger partial charge on any atom is 0.259 e. The average molecular weight is 295 g/mol. The number of rotatable bonds is 7. The molecule has 104 valence electrons. The highest BCUT2D eigenvalue weighted by Gasteiger charge is 2.25. The van der Waals surface area contributed by atoms with Gasteiger partial charge in [0.15, 0.2) is 5.03 Å². The number of aryl methyl sites for hydroxylation is 1. The minimum absolute atomic E-state index is 0.0286. The lowest BCUT2D eigenvalue weighted by Crippen LogP contribution is -2.40. The second kappa shape index (κ2) is 6.51. The first-order valence-electron chi connectivity index (χ1n) is 5.82. The quantitative estimate of drug-likeness (QED) is 0.781. The molecule has 1 heterocycles. The average Bonchev–Trinajstić information content (AvgIpc) is 2.64. The Labute approximate surface area is 113 Å². The second-order valence-electron chi connectivity index (χ2n) is 4.12. The summed E-state index contributed by atoms with van der Waals surface area (Å²) in [6, 6.07) is -0.277. The van der Waals surface area contributed by atoms with Crippen LogP contribution in [0.25, 0.3) is 0 Å². The molecule has 0 aromatic carbocycles. The van der Waals surface area contributed by atoms with Crippen LogP contribution >= 0.6 is 11.6 Å². The van der Waals surface area contributed by atoms with E-state index >= 15 is 0 Å². The predicted molar refractivity (Wildman–Crippen MR) is 70.9 cm³/mol. The molecule has 1 aromatic heterocycles. The molecule has 1 atom stereocenters. The van der Waals surface area contributed by atoms with E-state index < -0.39 is 10.0 Å². The van der Waals surface area contributed by atoms with Crippen molar-refractivity contribution in [3.05, 3.63) is 11.2 Å². The van der Waals surface area contributed by atoms with Crippen molar-refractivity contribution in [2.45, 2.75) is 37.3 Å². The van der Waals surface area contributed by atoms with Crippen LogP contribution in [0.15, 0.2) is 11.2 Å². The Morgan fingerprint density at radius 3 is 2.72 bits per heavy atom. The Kier molecular flexibility index (Phi) is 5.58. The zero-order valence-corrected chi connectivity index (χ0v) is 12.1. The van der Waals surface area contributed by atoms with E-state index in [1.165, 1.54) is 17.9 Å². The molecule has 0 fully saturated rings. The molecule has 0 amide bonds. The fraction of sp³-hybridized carbons (Fsp3) is 0.700. The molecule has 6 nitrogen and oxygen atoms in total. The molecule has 0 saturated carbocycles. The molecular weight excluding hydrogens is 276 g/mol. The number of nitrogens with zero attached hydrogens (tertiary/aromatic N) is 2. The Bertz CT molecular complexity index is 467. The van der Waals surface area contributed by atoms with Crippen molar-refractivity contribution in [2.24, 2.45) is 12.8 Å². The first-order valence-corrected chi connectivity index (χ1v) is 7.68. The minimum atomic E-state index is -3.68. The van der Waals surface area contributed by atoms with Gasteiger partial charge in [0.25, 0.3) is 10.0 Å². The van der Waals surface area contributed by atoms with Crippen LogP contribution in [-0.4, -0.2) is 30.8 Å². The maximum atomic E-state index is 12.2. The highest BCUT2D eigenvalue weighted by molar-refractivity contribution is 7.89. The van der Waals surface area contributed by atoms with Crippen LogP contribution in [0.1, 0.15) is 26.2 Å². The molecule has 0 aliphatic rings. The normalized spacial score (nSPS) is 13.8. The van der Waals surface area contributed by atoms with Gasteiger partial charge >= 0.3 is 0 Å². The van der Waals surface area contributed by atoms with Crippen LogP contribution in [0.4, 0.5) is 0 Å². The lowest BCUT2D eigenvalue weighted by Gasteiger charge is -2.16. The van der Waals surface area contributed by atoms with Gasteiger partial charge in [0, 0.05) is 19.6 Å². The summed E-state index contributed by atoms with van der Waals surface area (Å²) in [6.45, 7) is 2.30. The molecule has 3 N–H and O–H groups in total. The van der Waals surface area contributed by atoms with Crippen molar-refractivity contribution in [3.8, 4) is 0 Å². The number of sulfonamides is 1. The Morgan fingerprint density at radius 2 is 2.28 bits per heavy atom. The number of unbranched alkanes of at least 4 members (excludes halogenated alkanes) is 1. The summed E-state index contributed by atoms with van der Waals surface area (Å²) >= 11 is 5.83. The maximum absolute atomic E-state index is 12.2. The molecule has 0 saturated heterocycles. The number of nitrogens with one attached hydrogen (secondary N) is 1. The van der Waals surface area contributed by atoms with Gasteiger partial charge in [0.1, 0.15) is 0 Å². The van der Waals surface area contributed by atoms with Crippen LogP contribution < -0.4 is 10.5 Å². The molecule has 0 aliphatic carbocycles. The van der Waals surface area contributed by atoms with Gasteiger partial charge in [-0.3, -0.25) is 4.68 Å². The highest BCUT2D eigenvalue weighted by Crippen LogP contribution is 2.20. The fourth-order valence-corrected chi connectivity index (χ4v) is 3.59. The Hall–Kier alpha value is -0.630. The van der Waals surface area contributed by atoms with E-state index in [0.29, 0.717) is 6.42 Å². The SMILES string of the molecule is CCCCC(CN)NS(=O)(=O)c1c(Cl)cnn1C. The number of halogens is 1. The predicted octanol–water partition coefficient (Wildman–Crippen LogP) is 0.869. The van der Waals surface area contributed by atoms with E-state index in [0.717, 1.165) is 12.8 Å². The van der Waals surface area contributed by atoms with Gasteiger partial charge in [0.05, 0.1) is 11.2 Å². The number of hydrogen-bond acceptors (Lipinski definition) is 4. The highest BCUT2D eigenvalue weighted by atomic mass is 35.5. The summed E-state index contributed by atoms with van der Waals surface area (Å²) in [4.78, 5) is 0. The largest absolute Gasteiger partial charge is 0.329 e. The summed E-state index contributed by atoms with van der Waals surface area (Å²) in [6.07, 6.45) is 3.93. The summed E-state index contributed by atoms with van der Waals surface area (Å²) in [5.74, 6) is 0. The van der Waals surface area contributed by atoms with Crippen molar-refractivity contribution in [1.29, 1.82) is 0 Å². The monoisotopic (exact) mass is 294 g/mol. The molecule has 0 radical (unpaired) electrons. The van der Waals surface area contributed by atoms with Gasteiger partial charge in [-0.2, -0.15) is 5.10 Å². The lowest BCUT2D eigenvalue weighted by atomic mass is 10.1. The Morgan fingerprint density at radius 1 is 1.61 bits per heavy atom. The van der Waals surface area contributed by atoms with Crippen molar-refractivity contribution >= 4 is 21.6 Å². The van der Waals surface area contributed by atoms with Crippen molar-refractivity contribution < 1.29 is 8.42 Å². The van der Waals surface area contributed by atoms with Crippen molar-refractivity contribution in [2.75, 3.05) is 6.54 Å². The van der Waals surface area contributed by atoms with Gasteiger partial charge < -0.3 is 5.73 Å². The van der Waals surface area contributed by atoms with Gasteiger partial charge in [-0.05, 0) is 6.42 Å². The summed E-state index contributed by atoms with van der Waals surface area (Å²) in [5, 5.41) is 3.89. The van der Waals surface area contributed by atoms with Crippen LogP contribution in [0, 0.1) is 0 Å². The smallest absolute Gasteiger partial charge is 0.259 e. The molecule has 1 aromatic rings. The molecule has 1 rings (SSSR count). The van der Waals surface area contributed by atoms with E-state index in [1.54, 1.807) is 0 Å². The van der Waals surface area contributed by atoms with E-state index in [4.69, 9.17) is 17.3 Å². The molecular formula is C10H19ClN4O2S. The summed E-state index contributed by atoms with van der Waals surface area (Å²) < 4.78 is 28.1. The van der Waals surface area contributed by atoms with E-state index in [-0.39, 0.29) is 22.6 Å². The van der Waals surface area contributed by atoms with E-state index in [1.807, 2.05) is 6.92 Å². The molecule has 0 aliphatic heterocycles. The lowest BCUT2D eigenvalue weighted by molar-refractivity contribution is 0.508. The number of nitrogens with two attached hydrogens (primary N) is 1. The van der Waals surface area contributed by atoms with Crippen LogP contribution in [0.5, 0.6) is 0 Å². The van der Waals surface area contributed by atoms with Gasteiger partial charge in [-0.15, -0.1) is 0 Å². The number of hydrogen-bond donors (Lipinski definition) is 2. The van der Waals surface area contributed by atoms with E-state index in [2.05, 4.69) is 9.82 Å². The third-order valence-electron chi connectivity index (χ3n) is 2.61. The van der Waals surface area contributed by atoms with Crippen LogP contribution in [-0.2, 0) is 17.1 Å². The molecule has 0 bridgehead atoms. The first-order chi connectivity index (χ1) is 8.42. The molecule has 18 heavy (non-hydrogen) atoms. The van der Waals surface area contributed by atoms with Gasteiger partial charge in [0.2, 0.25) is 0 Å². The Balaban J connectivity index is 2.87. The first kappa shape index (κ1) is 15.4. The third kappa shape index (κ3) is 3.68. The summed E-state index contributed by atoms with van der Waals surface area (Å²) in [7, 11) is -2.15. The zero-order valence-electron chi connectivity index (χ0n) is 10.6. The van der Waals surface area contributed by atoms with Gasteiger partial charge in [-0.25, -0.2) is 13.1 Å². The molecule has 8 heteroatoms. The third-order valence-corrected chi connectivity index (χ3v) is 4.64. The van der Waals surface area contributed by atoms with Crippen LogP contribution in [0.2, 0.25) is 5.02 Å². The van der Waals surface area contributed by atoms with E-state index in [9.17, 15) is 8.42 Å². The number of aromatic nitrogens is 2. The standard InChI is InChI=1S/C10H19ClN4O2S/c1-3-4-5-8(6-12)14-18(16,17)10-9(11)7-13-15(10)2/h7-8,14H,3-6,12H2,1-2H3. The minimum Gasteiger partial charge on any atom is -0.329 e. The fourth-order valence-electron chi connectivity index (χ4n) is 1.65. The molecule has 0 spiro atoms. The zero-order chi connectivity index (χ0) is 13.8. The summed E-state index contributed by atoms with van der Waals surface area (Å²) in [5.41, 5.74) is 5.57. The van der Waals surface area contributed by atoms with Crippen molar-refractivity contribution in [1.82, 2.24) is 14.5 Å². The topological polar surface area (TPSA) is 90.0 Å². The van der Waals surface area contributed by atoms with Crippen molar-refractivity contribution in [3.63, 3.8) is 0 Å². The molecule has 1 unspecified atom stereocenters.